The Morgan fingerprint density at radius 2 is 1.81 bits per heavy atom. The molecular formula is C25H23NO6. The first-order valence-corrected chi connectivity index (χ1v) is 10.2. The van der Waals surface area contributed by atoms with E-state index in [-0.39, 0.29) is 29.4 Å². The largest absolute Gasteiger partial charge is 0.489 e. The summed E-state index contributed by atoms with van der Waals surface area (Å²) in [7, 11) is 0. The van der Waals surface area contributed by atoms with Gasteiger partial charge in [-0.2, -0.15) is 0 Å². The molecule has 164 valence electrons. The molecule has 0 amide bonds. The van der Waals surface area contributed by atoms with Crippen molar-refractivity contribution in [3.8, 4) is 11.5 Å². The molecule has 2 N–H and O–H groups in total. The highest BCUT2D eigenvalue weighted by molar-refractivity contribution is 5.92. The van der Waals surface area contributed by atoms with Crippen LogP contribution in [0.3, 0.4) is 0 Å². The Morgan fingerprint density at radius 3 is 2.50 bits per heavy atom. The van der Waals surface area contributed by atoms with Crippen LogP contribution in [0.5, 0.6) is 11.5 Å². The second kappa shape index (κ2) is 9.01. The quantitative estimate of drug-likeness (QED) is 0.590. The van der Waals surface area contributed by atoms with Gasteiger partial charge in [-0.05, 0) is 37.1 Å². The van der Waals surface area contributed by atoms with Gasteiger partial charge in [-0.15, -0.1) is 0 Å². The molecule has 0 saturated heterocycles. The smallest absolute Gasteiger partial charge is 0.343 e. The fourth-order valence-electron chi connectivity index (χ4n) is 3.66. The molecule has 0 unspecified atom stereocenters. The highest BCUT2D eigenvalue weighted by atomic mass is 16.5. The molecule has 0 aliphatic carbocycles. The van der Waals surface area contributed by atoms with Crippen molar-refractivity contribution in [2.24, 2.45) is 5.73 Å². The molecule has 0 saturated carbocycles. The minimum Gasteiger partial charge on any atom is -0.489 e. The van der Waals surface area contributed by atoms with Gasteiger partial charge in [0, 0.05) is 6.07 Å². The number of fused-ring (bicyclic) bond motifs is 1. The number of rotatable bonds is 6. The van der Waals surface area contributed by atoms with Crippen molar-refractivity contribution in [3.63, 3.8) is 0 Å². The van der Waals surface area contributed by atoms with Crippen molar-refractivity contribution >= 4 is 5.97 Å². The molecule has 1 aliphatic rings. The summed E-state index contributed by atoms with van der Waals surface area (Å²) in [4.78, 5) is 25.4. The van der Waals surface area contributed by atoms with Gasteiger partial charge < -0.3 is 24.4 Å². The van der Waals surface area contributed by atoms with E-state index in [4.69, 9.17) is 24.4 Å². The van der Waals surface area contributed by atoms with Gasteiger partial charge in [0.15, 0.2) is 0 Å². The van der Waals surface area contributed by atoms with E-state index in [1.807, 2.05) is 30.3 Å². The first-order chi connectivity index (χ1) is 15.5. The number of hydrogen-bond donors (Lipinski definition) is 1. The highest BCUT2D eigenvalue weighted by Gasteiger charge is 2.38. The molecule has 7 heteroatoms. The third-order valence-electron chi connectivity index (χ3n) is 5.09. The van der Waals surface area contributed by atoms with Crippen LogP contribution in [0.2, 0.25) is 0 Å². The van der Waals surface area contributed by atoms with Gasteiger partial charge in [0.1, 0.15) is 29.4 Å². The van der Waals surface area contributed by atoms with Gasteiger partial charge in [0.2, 0.25) is 5.88 Å². The van der Waals surface area contributed by atoms with Crippen LogP contribution in [-0.2, 0) is 16.1 Å². The molecule has 2 heterocycles. The van der Waals surface area contributed by atoms with E-state index in [2.05, 4.69) is 0 Å². The zero-order chi connectivity index (χ0) is 22.7. The third-order valence-corrected chi connectivity index (χ3v) is 5.09. The predicted molar refractivity (Wildman–Crippen MR) is 117 cm³/mol. The van der Waals surface area contributed by atoms with Crippen LogP contribution in [0.1, 0.15) is 35.3 Å². The van der Waals surface area contributed by atoms with E-state index in [9.17, 15) is 9.59 Å². The molecule has 3 aromatic rings. The van der Waals surface area contributed by atoms with Crippen LogP contribution < -0.4 is 20.8 Å². The van der Waals surface area contributed by atoms with Crippen molar-refractivity contribution < 1.29 is 23.4 Å². The zero-order valence-electron chi connectivity index (χ0n) is 17.8. The zero-order valence-corrected chi connectivity index (χ0v) is 17.8. The van der Waals surface area contributed by atoms with Crippen molar-refractivity contribution in [2.45, 2.75) is 26.4 Å². The average Bonchev–Trinajstić information content (AvgIpc) is 2.77. The highest BCUT2D eigenvalue weighted by Crippen LogP contribution is 2.41. The lowest BCUT2D eigenvalue weighted by atomic mass is 9.83. The van der Waals surface area contributed by atoms with Gasteiger partial charge in [-0.1, -0.05) is 42.5 Å². The van der Waals surface area contributed by atoms with Crippen molar-refractivity contribution in [2.75, 3.05) is 6.61 Å². The standard InChI is InChI=1S/C25H23NO6/c1-3-29-24(27)22-20(21-19(32-23(22)26)13-15(2)31-25(21)28)17-9-11-18(12-10-17)30-14-16-7-5-4-6-8-16/h4-13,20H,3,14,26H2,1-2H3/t20-/m0/s1. The van der Waals surface area contributed by atoms with E-state index in [1.54, 1.807) is 44.2 Å². The van der Waals surface area contributed by atoms with Crippen molar-refractivity contribution in [1.29, 1.82) is 0 Å². The lowest BCUT2D eigenvalue weighted by Gasteiger charge is -2.27. The molecule has 0 spiro atoms. The summed E-state index contributed by atoms with van der Waals surface area (Å²) in [5.74, 6) is -0.253. The maximum atomic E-state index is 12.7. The van der Waals surface area contributed by atoms with Crippen LogP contribution in [0.4, 0.5) is 0 Å². The van der Waals surface area contributed by atoms with Crippen LogP contribution >= 0.6 is 0 Å². The number of carbonyl (C=O) groups is 1. The summed E-state index contributed by atoms with van der Waals surface area (Å²) < 4.78 is 21.9. The van der Waals surface area contributed by atoms with Crippen molar-refractivity contribution in [1.82, 2.24) is 0 Å². The van der Waals surface area contributed by atoms with E-state index in [1.165, 1.54) is 0 Å². The second-order valence-corrected chi connectivity index (χ2v) is 7.30. The summed E-state index contributed by atoms with van der Waals surface area (Å²) in [6, 6.07) is 18.5. The maximum Gasteiger partial charge on any atom is 0.343 e. The minimum absolute atomic E-state index is 0.0634. The Hall–Kier alpha value is -4.00. The van der Waals surface area contributed by atoms with Gasteiger partial charge in [0.25, 0.3) is 0 Å². The summed E-state index contributed by atoms with van der Waals surface area (Å²) in [5, 5.41) is 0. The Balaban J connectivity index is 1.70. The molecule has 1 aliphatic heterocycles. The molecule has 1 atom stereocenters. The van der Waals surface area contributed by atoms with E-state index < -0.39 is 17.5 Å². The normalized spacial score (nSPS) is 15.0. The number of hydrogen-bond acceptors (Lipinski definition) is 7. The first kappa shape index (κ1) is 21.2. The Bertz CT molecular complexity index is 1210. The molecule has 4 rings (SSSR count). The molecule has 32 heavy (non-hydrogen) atoms. The summed E-state index contributed by atoms with van der Waals surface area (Å²) in [6.45, 7) is 3.91. The summed E-state index contributed by atoms with van der Waals surface area (Å²) in [6.07, 6.45) is 0. The molecular weight excluding hydrogens is 410 g/mol. The maximum absolute atomic E-state index is 12.7. The molecule has 0 bridgehead atoms. The van der Waals surface area contributed by atoms with Crippen LogP contribution in [0.25, 0.3) is 0 Å². The Morgan fingerprint density at radius 1 is 1.09 bits per heavy atom. The Kier molecular flexibility index (Phi) is 5.98. The molecule has 1 aromatic heterocycles. The average molecular weight is 433 g/mol. The van der Waals surface area contributed by atoms with Crippen LogP contribution in [-0.4, -0.2) is 12.6 Å². The van der Waals surface area contributed by atoms with Gasteiger partial charge in [0.05, 0.1) is 18.1 Å². The molecule has 2 aromatic carbocycles. The van der Waals surface area contributed by atoms with Gasteiger partial charge in [-0.25, -0.2) is 9.59 Å². The summed E-state index contributed by atoms with van der Waals surface area (Å²) >= 11 is 0. The monoisotopic (exact) mass is 433 g/mol. The van der Waals surface area contributed by atoms with Crippen molar-refractivity contribution in [3.05, 3.63) is 105 Å². The second-order valence-electron chi connectivity index (χ2n) is 7.30. The van der Waals surface area contributed by atoms with Gasteiger partial charge in [-0.3, -0.25) is 0 Å². The fourth-order valence-corrected chi connectivity index (χ4v) is 3.66. The molecule has 0 fully saturated rings. The van der Waals surface area contributed by atoms with E-state index in [0.717, 1.165) is 5.56 Å². The van der Waals surface area contributed by atoms with E-state index >= 15 is 0 Å². The number of nitrogens with two attached hydrogens (primary N) is 1. The fraction of sp³-hybridized carbons (Fsp3) is 0.200. The number of aryl methyl sites for hydroxylation is 1. The number of carbonyl (C=O) groups excluding carboxylic acids is 1. The van der Waals surface area contributed by atoms with Crippen LogP contribution in [0, 0.1) is 6.92 Å². The first-order valence-electron chi connectivity index (χ1n) is 10.2. The lowest BCUT2D eigenvalue weighted by molar-refractivity contribution is -0.139. The Labute approximate surface area is 185 Å². The van der Waals surface area contributed by atoms with Crippen LogP contribution in [0.15, 0.2) is 81.3 Å². The number of benzene rings is 2. The number of esters is 1. The SMILES string of the molecule is CCOC(=O)C1=C(N)Oc2cc(C)oc(=O)c2[C@@H]1c1ccc(OCc2ccccc2)cc1. The molecule has 0 radical (unpaired) electrons. The van der Waals surface area contributed by atoms with E-state index in [0.29, 0.717) is 23.7 Å². The minimum atomic E-state index is -0.794. The topological polar surface area (TPSA) is 101 Å². The number of ether oxygens (including phenoxy) is 3. The molecule has 7 nitrogen and oxygen atoms in total. The van der Waals surface area contributed by atoms with Gasteiger partial charge >= 0.3 is 11.6 Å². The third kappa shape index (κ3) is 4.23. The summed E-state index contributed by atoms with van der Waals surface area (Å²) in [5.41, 5.74) is 7.46. The lowest BCUT2D eigenvalue weighted by Crippen LogP contribution is -2.31. The predicted octanol–water partition coefficient (Wildman–Crippen LogP) is 3.78.